The van der Waals surface area contributed by atoms with E-state index < -0.39 is 0 Å². The Hall–Kier alpha value is -1.32. The summed E-state index contributed by atoms with van der Waals surface area (Å²) in [6.45, 7) is 14.9. The van der Waals surface area contributed by atoms with E-state index in [9.17, 15) is 4.39 Å². The summed E-state index contributed by atoms with van der Waals surface area (Å²) in [5, 5.41) is 3.31. The number of likely N-dealkylation sites (tertiary alicyclic amines) is 2. The fraction of sp³-hybridized carbons (Fsp3) is 0.783. The first-order chi connectivity index (χ1) is 15.0. The average molecular weight is 436 g/mol. The van der Waals surface area contributed by atoms with E-state index in [2.05, 4.69) is 38.8 Å². The Balaban J connectivity index is 1.27. The van der Waals surface area contributed by atoms with Gasteiger partial charge in [-0.2, -0.15) is 0 Å². The van der Waals surface area contributed by atoms with Gasteiger partial charge in [0.2, 0.25) is 0 Å². The molecule has 0 radical (unpaired) electrons. The Kier molecular flexibility index (Phi) is 7.44. The van der Waals surface area contributed by atoms with E-state index in [0.29, 0.717) is 56.3 Å². The number of ether oxygens (including phenoxy) is 2. The van der Waals surface area contributed by atoms with Crippen LogP contribution in [0, 0.1) is 5.82 Å². The van der Waals surface area contributed by atoms with E-state index in [0.717, 1.165) is 25.3 Å². The second-order valence-electron chi connectivity index (χ2n) is 9.17. The summed E-state index contributed by atoms with van der Waals surface area (Å²) >= 11 is 0. The lowest BCUT2D eigenvalue weighted by molar-refractivity contribution is -0.133. The summed E-state index contributed by atoms with van der Waals surface area (Å²) in [5.41, 5.74) is 0.833. The normalized spacial score (nSPS) is 24.7. The van der Waals surface area contributed by atoms with Crippen molar-refractivity contribution < 1.29 is 13.9 Å². The predicted molar refractivity (Wildman–Crippen MR) is 120 cm³/mol. The molecule has 8 heteroatoms. The molecule has 3 aliphatic heterocycles. The number of aromatic nitrogens is 1. The lowest BCUT2D eigenvalue weighted by atomic mass is 10.0. The average Bonchev–Trinajstić information content (AvgIpc) is 3.30. The number of nitrogens with one attached hydrogen (secondary N) is 1. The lowest BCUT2D eigenvalue weighted by Crippen LogP contribution is -2.64. The van der Waals surface area contributed by atoms with Gasteiger partial charge in [-0.05, 0) is 46.2 Å². The SMILES string of the molecule is CCOC(CNCc1ccc(F)c(N2CC(N3C[C@@H]4CC3CN4C(C)C)C2)n1)OCC. The van der Waals surface area contributed by atoms with Crippen molar-refractivity contribution in [1.29, 1.82) is 0 Å². The van der Waals surface area contributed by atoms with E-state index in [1.807, 2.05) is 13.8 Å². The zero-order valence-electron chi connectivity index (χ0n) is 19.4. The predicted octanol–water partition coefficient (Wildman–Crippen LogP) is 2.06. The van der Waals surface area contributed by atoms with Gasteiger partial charge in [-0.15, -0.1) is 0 Å². The molecule has 1 N–H and O–H groups in total. The maximum atomic E-state index is 14.5. The highest BCUT2D eigenvalue weighted by molar-refractivity contribution is 5.45. The van der Waals surface area contributed by atoms with Crippen LogP contribution in [0.5, 0.6) is 0 Å². The Labute approximate surface area is 185 Å². The van der Waals surface area contributed by atoms with Gasteiger partial charge in [0.25, 0.3) is 0 Å². The molecule has 3 fully saturated rings. The number of halogens is 1. The maximum Gasteiger partial charge on any atom is 0.169 e. The van der Waals surface area contributed by atoms with Crippen molar-refractivity contribution in [2.24, 2.45) is 0 Å². The molecule has 2 atom stereocenters. The third-order valence-electron chi connectivity index (χ3n) is 6.83. The fourth-order valence-corrected chi connectivity index (χ4v) is 5.29. The number of fused-ring (bicyclic) bond motifs is 2. The van der Waals surface area contributed by atoms with Crippen molar-refractivity contribution in [2.75, 3.05) is 50.8 Å². The molecule has 3 aliphatic rings. The Morgan fingerprint density at radius 3 is 2.42 bits per heavy atom. The highest BCUT2D eigenvalue weighted by Crippen LogP contribution is 2.36. The van der Waals surface area contributed by atoms with Crippen LogP contribution in [-0.2, 0) is 16.0 Å². The number of piperazine rings is 1. The van der Waals surface area contributed by atoms with Crippen LogP contribution in [-0.4, -0.2) is 91.2 Å². The Morgan fingerprint density at radius 2 is 1.81 bits per heavy atom. The van der Waals surface area contributed by atoms with Gasteiger partial charge in [0.15, 0.2) is 17.9 Å². The lowest BCUT2D eigenvalue weighted by Gasteiger charge is -2.49. The van der Waals surface area contributed by atoms with Crippen molar-refractivity contribution >= 4 is 5.82 Å². The molecule has 0 saturated carbocycles. The van der Waals surface area contributed by atoms with Crippen molar-refractivity contribution in [2.45, 2.75) is 71.1 Å². The van der Waals surface area contributed by atoms with E-state index >= 15 is 0 Å². The second-order valence-corrected chi connectivity index (χ2v) is 9.17. The zero-order valence-corrected chi connectivity index (χ0v) is 19.4. The molecule has 2 bridgehead atoms. The largest absolute Gasteiger partial charge is 0.352 e. The molecule has 0 aliphatic carbocycles. The molecule has 7 nitrogen and oxygen atoms in total. The number of nitrogens with zero attached hydrogens (tertiary/aromatic N) is 4. The van der Waals surface area contributed by atoms with E-state index in [1.54, 1.807) is 6.07 Å². The van der Waals surface area contributed by atoms with Gasteiger partial charge >= 0.3 is 0 Å². The van der Waals surface area contributed by atoms with Crippen LogP contribution >= 0.6 is 0 Å². The standard InChI is InChI=1S/C23H38FN5O2/c1-5-30-22(31-6-2)11-25-10-17-7-8-21(24)23(26-17)27-12-20(13-27)29-15-18-9-19(29)14-28(18)16(3)4/h7-8,16,18-20,22,25H,5-6,9-15H2,1-4H3/t18-,19?/m0/s1. The highest BCUT2D eigenvalue weighted by Gasteiger charge is 2.48. The number of hydrogen-bond donors (Lipinski definition) is 1. The van der Waals surface area contributed by atoms with Crippen LogP contribution in [0.25, 0.3) is 0 Å². The van der Waals surface area contributed by atoms with Crippen LogP contribution in [0.1, 0.15) is 39.8 Å². The molecule has 0 aromatic carbocycles. The topological polar surface area (TPSA) is 53.1 Å². The molecule has 4 rings (SSSR count). The van der Waals surface area contributed by atoms with E-state index in [-0.39, 0.29) is 12.1 Å². The Bertz CT molecular complexity index is 724. The van der Waals surface area contributed by atoms with Gasteiger partial charge in [-0.1, -0.05) is 0 Å². The number of pyridine rings is 1. The fourth-order valence-electron chi connectivity index (χ4n) is 5.29. The summed E-state index contributed by atoms with van der Waals surface area (Å²) in [4.78, 5) is 12.0. The van der Waals surface area contributed by atoms with Crippen LogP contribution in [0.3, 0.4) is 0 Å². The maximum absolute atomic E-state index is 14.5. The zero-order chi connectivity index (χ0) is 22.0. The van der Waals surface area contributed by atoms with E-state index in [4.69, 9.17) is 9.47 Å². The molecule has 3 saturated heterocycles. The van der Waals surface area contributed by atoms with Crippen molar-refractivity contribution in [1.82, 2.24) is 20.1 Å². The second kappa shape index (κ2) is 10.1. The van der Waals surface area contributed by atoms with Gasteiger partial charge in [0.1, 0.15) is 0 Å². The highest BCUT2D eigenvalue weighted by atomic mass is 19.1. The molecule has 0 spiro atoms. The number of hydrogen-bond acceptors (Lipinski definition) is 7. The number of rotatable bonds is 11. The van der Waals surface area contributed by atoms with Crippen LogP contribution in [0.2, 0.25) is 0 Å². The van der Waals surface area contributed by atoms with Gasteiger partial charge in [-0.3, -0.25) is 9.80 Å². The van der Waals surface area contributed by atoms with Gasteiger partial charge in [0, 0.05) is 76.6 Å². The molecule has 31 heavy (non-hydrogen) atoms. The third kappa shape index (κ3) is 5.03. The summed E-state index contributed by atoms with van der Waals surface area (Å²) in [7, 11) is 0. The minimum Gasteiger partial charge on any atom is -0.352 e. The first-order valence-electron chi connectivity index (χ1n) is 11.9. The van der Waals surface area contributed by atoms with E-state index in [1.165, 1.54) is 19.0 Å². The van der Waals surface area contributed by atoms with Crippen molar-refractivity contribution in [3.63, 3.8) is 0 Å². The molecule has 0 amide bonds. The van der Waals surface area contributed by atoms with Crippen LogP contribution < -0.4 is 10.2 Å². The van der Waals surface area contributed by atoms with Gasteiger partial charge in [0.05, 0.1) is 5.69 Å². The summed E-state index contributed by atoms with van der Waals surface area (Å²) in [6.07, 6.45) is 1.01. The van der Waals surface area contributed by atoms with Crippen LogP contribution in [0.4, 0.5) is 10.2 Å². The number of anilines is 1. The minimum atomic E-state index is -0.270. The first-order valence-corrected chi connectivity index (χ1v) is 11.9. The Morgan fingerprint density at radius 1 is 1.06 bits per heavy atom. The van der Waals surface area contributed by atoms with Gasteiger partial charge < -0.3 is 19.7 Å². The molecular weight excluding hydrogens is 397 g/mol. The third-order valence-corrected chi connectivity index (χ3v) is 6.83. The summed E-state index contributed by atoms with van der Waals surface area (Å²) in [5.74, 6) is 0.243. The van der Waals surface area contributed by atoms with Gasteiger partial charge in [-0.25, -0.2) is 9.37 Å². The first kappa shape index (κ1) is 22.9. The molecule has 4 heterocycles. The molecule has 1 unspecified atom stereocenters. The molecule has 174 valence electrons. The minimum absolute atomic E-state index is 0.238. The molecule has 1 aromatic rings. The quantitative estimate of drug-likeness (QED) is 0.534. The summed E-state index contributed by atoms with van der Waals surface area (Å²) < 4.78 is 25.6. The molecule has 1 aromatic heterocycles. The smallest absolute Gasteiger partial charge is 0.169 e. The van der Waals surface area contributed by atoms with Crippen molar-refractivity contribution in [3.05, 3.63) is 23.6 Å². The van der Waals surface area contributed by atoms with Crippen molar-refractivity contribution in [3.8, 4) is 0 Å². The molecular formula is C23H38FN5O2. The summed E-state index contributed by atoms with van der Waals surface area (Å²) in [6, 6.07) is 5.79. The monoisotopic (exact) mass is 435 g/mol. The van der Waals surface area contributed by atoms with Crippen LogP contribution in [0.15, 0.2) is 12.1 Å².